The number of allylic oxidation sites excluding steroid dienone is 4. The molecule has 5 nitrogen and oxygen atoms in total. The lowest BCUT2D eigenvalue weighted by atomic mass is 9.47. The number of rotatable bonds is 5. The normalized spacial score (nSPS) is 31.5. The molecule has 0 amide bonds. The van der Waals surface area contributed by atoms with Gasteiger partial charge in [-0.2, -0.15) is 4.98 Å². The number of nitrogens with two attached hydrogens (primary N) is 1. The first-order valence-electron chi connectivity index (χ1n) is 11.9. The molecule has 5 heteroatoms. The zero-order valence-corrected chi connectivity index (χ0v) is 20.3. The molecule has 0 bridgehead atoms. The molecular weight excluding hydrogens is 382 g/mol. The minimum Gasteiger partial charge on any atom is -0.380 e. The molecule has 0 aromatic carbocycles. The first-order chi connectivity index (χ1) is 14.7. The molecule has 2 N–H and O–H groups in total. The molecule has 2 aromatic rings. The molecule has 4 rings (SSSR count). The van der Waals surface area contributed by atoms with Crippen LogP contribution < -0.4 is 10.3 Å². The molecule has 4 atom stereocenters. The van der Waals surface area contributed by atoms with Gasteiger partial charge >= 0.3 is 5.65 Å². The van der Waals surface area contributed by atoms with Gasteiger partial charge in [0.25, 0.3) is 0 Å². The van der Waals surface area contributed by atoms with Crippen LogP contribution in [0.5, 0.6) is 0 Å². The van der Waals surface area contributed by atoms with Crippen molar-refractivity contribution >= 4 is 17.0 Å². The van der Waals surface area contributed by atoms with Crippen LogP contribution in [0.1, 0.15) is 73.1 Å². The van der Waals surface area contributed by atoms with Crippen LogP contribution in [0.3, 0.4) is 0 Å². The summed E-state index contributed by atoms with van der Waals surface area (Å²) in [5.74, 6) is 2.12. The number of aryl methyl sites for hydroxylation is 1. The van der Waals surface area contributed by atoms with E-state index in [1.54, 1.807) is 5.57 Å². The summed E-state index contributed by atoms with van der Waals surface area (Å²) in [6.45, 7) is 13.1. The topological polar surface area (TPSA) is 60.6 Å². The molecule has 2 heterocycles. The summed E-state index contributed by atoms with van der Waals surface area (Å²) in [4.78, 5) is 8.56. The minimum atomic E-state index is 0.396. The molecule has 1 fully saturated rings. The van der Waals surface area contributed by atoms with Gasteiger partial charge < -0.3 is 5.73 Å². The second-order valence-electron chi connectivity index (χ2n) is 10.7. The van der Waals surface area contributed by atoms with Crippen LogP contribution in [0.15, 0.2) is 36.0 Å². The Bertz CT molecular complexity index is 1030. The van der Waals surface area contributed by atoms with E-state index in [4.69, 9.17) is 5.73 Å². The molecule has 2 aliphatic rings. The number of hydrogen-bond donors (Lipinski definition) is 1. The Labute approximate surface area is 187 Å². The Kier molecular flexibility index (Phi) is 5.74. The van der Waals surface area contributed by atoms with Crippen molar-refractivity contribution in [2.75, 3.05) is 5.73 Å². The van der Waals surface area contributed by atoms with E-state index in [2.05, 4.69) is 67.6 Å². The SMILES string of the molecule is CC1=CCC[C@@H]2[C@@](C)(CC/C(C)=C/Cn3c[n+](C)c4ncnc(N)c43)[C@H](C)CC[C@@]12C. The lowest BCUT2D eigenvalue weighted by Crippen LogP contribution is -2.49. The quantitative estimate of drug-likeness (QED) is 0.521. The maximum Gasteiger partial charge on any atom is 0.307 e. The Morgan fingerprint density at radius 3 is 2.87 bits per heavy atom. The fraction of sp³-hybridized carbons (Fsp3) is 0.654. The van der Waals surface area contributed by atoms with E-state index in [1.807, 2.05) is 11.6 Å². The summed E-state index contributed by atoms with van der Waals surface area (Å²) < 4.78 is 4.17. The fourth-order valence-electron chi connectivity index (χ4n) is 6.53. The lowest BCUT2D eigenvalue weighted by molar-refractivity contribution is -0.647. The first-order valence-corrected chi connectivity index (χ1v) is 11.9. The highest BCUT2D eigenvalue weighted by molar-refractivity contribution is 5.79. The molecule has 2 aliphatic carbocycles. The highest BCUT2D eigenvalue weighted by Gasteiger charge is 2.52. The van der Waals surface area contributed by atoms with Crippen LogP contribution in [0.4, 0.5) is 5.82 Å². The number of nitrogen functional groups attached to an aromatic ring is 1. The Morgan fingerprint density at radius 1 is 1.32 bits per heavy atom. The predicted molar refractivity (Wildman–Crippen MR) is 127 cm³/mol. The molecule has 0 radical (unpaired) electrons. The third kappa shape index (κ3) is 3.70. The number of anilines is 1. The highest BCUT2D eigenvalue weighted by Crippen LogP contribution is 2.61. The van der Waals surface area contributed by atoms with Crippen molar-refractivity contribution in [1.82, 2.24) is 14.5 Å². The molecule has 1 saturated carbocycles. The van der Waals surface area contributed by atoms with Gasteiger partial charge in [-0.05, 0) is 75.0 Å². The molecule has 31 heavy (non-hydrogen) atoms. The molecular formula is C26H40N5+. The summed E-state index contributed by atoms with van der Waals surface area (Å²) in [5.41, 5.74) is 11.8. The smallest absolute Gasteiger partial charge is 0.307 e. The molecule has 2 aromatic heterocycles. The van der Waals surface area contributed by atoms with E-state index < -0.39 is 0 Å². The van der Waals surface area contributed by atoms with Gasteiger partial charge in [0.05, 0.1) is 13.6 Å². The van der Waals surface area contributed by atoms with Gasteiger partial charge in [0.15, 0.2) is 18.5 Å². The van der Waals surface area contributed by atoms with Crippen molar-refractivity contribution in [2.45, 2.75) is 79.7 Å². The van der Waals surface area contributed by atoms with Gasteiger partial charge in [-0.25, -0.2) is 4.57 Å². The van der Waals surface area contributed by atoms with Gasteiger partial charge in [0.1, 0.15) is 0 Å². The van der Waals surface area contributed by atoms with Gasteiger partial charge in [-0.3, -0.25) is 4.57 Å². The summed E-state index contributed by atoms with van der Waals surface area (Å²) >= 11 is 0. The number of aromatic nitrogens is 4. The third-order valence-corrected chi connectivity index (χ3v) is 9.05. The number of fused-ring (bicyclic) bond motifs is 2. The summed E-state index contributed by atoms with van der Waals surface area (Å²) in [6.07, 6.45) is 16.2. The molecule has 0 unspecified atom stereocenters. The maximum absolute atomic E-state index is 6.14. The van der Waals surface area contributed by atoms with E-state index in [0.29, 0.717) is 16.6 Å². The Hall–Kier alpha value is -2.17. The first kappa shape index (κ1) is 22.0. The number of hydrogen-bond acceptors (Lipinski definition) is 3. The summed E-state index contributed by atoms with van der Waals surface area (Å²) in [6, 6.07) is 0. The zero-order valence-electron chi connectivity index (χ0n) is 20.3. The van der Waals surface area contributed by atoms with E-state index in [1.165, 1.54) is 44.0 Å². The van der Waals surface area contributed by atoms with Crippen LogP contribution in [-0.4, -0.2) is 14.5 Å². The minimum absolute atomic E-state index is 0.396. The van der Waals surface area contributed by atoms with Crippen LogP contribution in [0.25, 0.3) is 11.2 Å². The van der Waals surface area contributed by atoms with Gasteiger partial charge in [-0.1, -0.05) is 49.1 Å². The second-order valence-corrected chi connectivity index (χ2v) is 10.7. The average molecular weight is 423 g/mol. The monoisotopic (exact) mass is 422 g/mol. The van der Waals surface area contributed by atoms with E-state index in [9.17, 15) is 0 Å². The number of imidazole rings is 1. The van der Waals surface area contributed by atoms with Crippen molar-refractivity contribution in [3.8, 4) is 0 Å². The number of nitrogens with zero attached hydrogens (tertiary/aromatic N) is 4. The molecule has 0 spiro atoms. The average Bonchev–Trinajstić information content (AvgIpc) is 3.07. The van der Waals surface area contributed by atoms with Crippen LogP contribution in [0, 0.1) is 22.7 Å². The van der Waals surface area contributed by atoms with Crippen LogP contribution in [0.2, 0.25) is 0 Å². The Balaban J connectivity index is 1.50. The third-order valence-electron chi connectivity index (χ3n) is 9.05. The van der Waals surface area contributed by atoms with Crippen molar-refractivity contribution in [3.05, 3.63) is 36.0 Å². The standard InChI is InChI=1S/C26H40N5/c1-18(12-15-31-17-30(6)24-22(31)23(27)28-16-29-24)10-13-25(4)20(3)11-14-26(5)19(2)8-7-9-21(25)26/h8,12,16-17,20-21H,7,9-11,13-15H2,1-6H3,(H2,27,28,29)/q+1/b18-12+/t20-,21-,25+,26+/m1/s1. The van der Waals surface area contributed by atoms with E-state index in [-0.39, 0.29) is 0 Å². The lowest BCUT2D eigenvalue weighted by Gasteiger charge is -2.58. The van der Waals surface area contributed by atoms with Crippen molar-refractivity contribution in [1.29, 1.82) is 0 Å². The molecule has 0 saturated heterocycles. The summed E-state index contributed by atoms with van der Waals surface area (Å²) in [5, 5.41) is 0. The van der Waals surface area contributed by atoms with E-state index >= 15 is 0 Å². The second kappa shape index (κ2) is 8.07. The molecule has 168 valence electrons. The van der Waals surface area contributed by atoms with E-state index in [0.717, 1.165) is 36.0 Å². The van der Waals surface area contributed by atoms with Gasteiger partial charge in [-0.15, -0.1) is 0 Å². The van der Waals surface area contributed by atoms with Crippen molar-refractivity contribution < 1.29 is 4.57 Å². The zero-order chi connectivity index (χ0) is 22.4. The predicted octanol–water partition coefficient (Wildman–Crippen LogP) is 5.36. The largest absolute Gasteiger partial charge is 0.380 e. The van der Waals surface area contributed by atoms with Gasteiger partial charge in [0.2, 0.25) is 5.52 Å². The summed E-state index contributed by atoms with van der Waals surface area (Å²) in [7, 11) is 2.00. The van der Waals surface area contributed by atoms with Crippen LogP contribution in [-0.2, 0) is 13.6 Å². The van der Waals surface area contributed by atoms with Crippen LogP contribution >= 0.6 is 0 Å². The van der Waals surface area contributed by atoms with Crippen molar-refractivity contribution in [3.63, 3.8) is 0 Å². The molecule has 0 aliphatic heterocycles. The van der Waals surface area contributed by atoms with Gasteiger partial charge in [0, 0.05) is 0 Å². The maximum atomic E-state index is 6.14. The fourth-order valence-corrected chi connectivity index (χ4v) is 6.53. The van der Waals surface area contributed by atoms with Crippen molar-refractivity contribution in [2.24, 2.45) is 29.7 Å². The highest BCUT2D eigenvalue weighted by atomic mass is 15.2. The Morgan fingerprint density at radius 2 is 2.10 bits per heavy atom.